The molecule has 4 nitrogen and oxygen atoms in total. The Kier molecular flexibility index (Phi) is 4.44. The monoisotopic (exact) mass is 385 g/mol. The van der Waals surface area contributed by atoms with Crippen LogP contribution in [-0.4, -0.2) is 17.9 Å². The summed E-state index contributed by atoms with van der Waals surface area (Å²) in [6.45, 7) is 0. The third kappa shape index (κ3) is 2.98. The van der Waals surface area contributed by atoms with Gasteiger partial charge >= 0.3 is 0 Å². The molecule has 0 amide bonds. The third-order valence-corrected chi connectivity index (χ3v) is 5.09. The van der Waals surface area contributed by atoms with Crippen LogP contribution < -0.4 is 4.80 Å². The summed E-state index contributed by atoms with van der Waals surface area (Å²) in [4.78, 5) is 4.88. The van der Waals surface area contributed by atoms with Crippen LogP contribution in [0.1, 0.15) is 5.56 Å². The number of thiazole rings is 1. The minimum atomic E-state index is -0.433. The number of hydrogen-bond donors (Lipinski definition) is 0. The van der Waals surface area contributed by atoms with E-state index < -0.39 is 5.82 Å². The highest BCUT2D eigenvalue weighted by Crippen LogP contribution is 2.28. The first-order valence-electron chi connectivity index (χ1n) is 7.78. The Bertz CT molecular complexity index is 1140. The summed E-state index contributed by atoms with van der Waals surface area (Å²) in [5.74, 6) is 0.228. The van der Waals surface area contributed by atoms with Gasteiger partial charge in [-0.3, -0.25) is 4.99 Å². The molecule has 4 rings (SSSR count). The van der Waals surface area contributed by atoms with Gasteiger partial charge in [0.15, 0.2) is 5.76 Å². The molecule has 0 bridgehead atoms. The van der Waals surface area contributed by atoms with Gasteiger partial charge in [-0.2, -0.15) is 5.10 Å². The molecule has 2 aromatic carbocycles. The van der Waals surface area contributed by atoms with Crippen molar-refractivity contribution < 1.29 is 8.81 Å². The third-order valence-electron chi connectivity index (χ3n) is 3.86. The minimum absolute atomic E-state index is 0.227. The van der Waals surface area contributed by atoms with Gasteiger partial charge in [0.05, 0.1) is 11.2 Å². The first-order valence-corrected chi connectivity index (χ1v) is 9.04. The van der Waals surface area contributed by atoms with Crippen molar-refractivity contribution in [1.29, 1.82) is 0 Å². The molecule has 0 atom stereocenters. The van der Waals surface area contributed by atoms with Crippen molar-refractivity contribution in [3.8, 4) is 11.5 Å². The van der Waals surface area contributed by atoms with Gasteiger partial charge in [-0.05, 0) is 24.3 Å². The lowest BCUT2D eigenvalue weighted by Crippen LogP contribution is -2.11. The molecule has 0 N–H and O–H groups in total. The van der Waals surface area contributed by atoms with Crippen molar-refractivity contribution in [3.05, 3.63) is 75.1 Å². The minimum Gasteiger partial charge on any atom is -0.454 e. The number of hydrogen-bond acceptors (Lipinski definition) is 4. The molecule has 2 aromatic heterocycles. The van der Waals surface area contributed by atoms with E-state index in [1.54, 1.807) is 23.9 Å². The van der Waals surface area contributed by atoms with Crippen molar-refractivity contribution in [2.45, 2.75) is 0 Å². The summed E-state index contributed by atoms with van der Waals surface area (Å²) in [6.07, 6.45) is 1.39. The molecule has 7 heteroatoms. The van der Waals surface area contributed by atoms with Crippen LogP contribution in [0.2, 0.25) is 5.02 Å². The summed E-state index contributed by atoms with van der Waals surface area (Å²) in [5.41, 5.74) is 1.75. The van der Waals surface area contributed by atoms with Crippen LogP contribution in [0, 0.1) is 5.82 Å². The second kappa shape index (κ2) is 6.90. The fourth-order valence-corrected chi connectivity index (χ4v) is 3.59. The first kappa shape index (κ1) is 16.8. The second-order valence-corrected chi connectivity index (χ2v) is 6.71. The van der Waals surface area contributed by atoms with E-state index in [1.165, 1.54) is 23.6 Å². The molecule has 0 saturated heterocycles. The maximum atomic E-state index is 14.0. The molecule has 0 spiro atoms. The molecule has 0 saturated carbocycles. The molecule has 0 aliphatic rings. The fourth-order valence-electron chi connectivity index (χ4n) is 2.59. The number of rotatable bonds is 3. The van der Waals surface area contributed by atoms with Crippen LogP contribution in [0.4, 0.5) is 4.39 Å². The first-order chi connectivity index (χ1) is 12.7. The van der Waals surface area contributed by atoms with Crippen LogP contribution in [-0.2, 0) is 0 Å². The SMILES string of the molecule is CN=c1scc(-c2cc3ccccc3o2)n1N=Cc1c(F)cccc1Cl. The Hall–Kier alpha value is -2.70. The van der Waals surface area contributed by atoms with E-state index in [2.05, 4.69) is 10.1 Å². The zero-order valence-corrected chi connectivity index (χ0v) is 15.3. The van der Waals surface area contributed by atoms with Crippen molar-refractivity contribution in [1.82, 2.24) is 4.68 Å². The Morgan fingerprint density at radius 2 is 2.04 bits per heavy atom. The van der Waals surface area contributed by atoms with Crippen molar-refractivity contribution in [2.75, 3.05) is 7.05 Å². The van der Waals surface area contributed by atoms with Crippen LogP contribution in [0.15, 0.2) is 68.4 Å². The van der Waals surface area contributed by atoms with Gasteiger partial charge in [-0.15, -0.1) is 11.3 Å². The molecule has 0 unspecified atom stereocenters. The van der Waals surface area contributed by atoms with E-state index in [0.717, 1.165) is 16.7 Å². The van der Waals surface area contributed by atoms with Gasteiger partial charge in [0, 0.05) is 23.4 Å². The quantitative estimate of drug-likeness (QED) is 0.449. The number of furan rings is 1. The van der Waals surface area contributed by atoms with Crippen LogP contribution in [0.25, 0.3) is 22.4 Å². The summed E-state index contributed by atoms with van der Waals surface area (Å²) in [6, 6.07) is 14.2. The average Bonchev–Trinajstić information content (AvgIpc) is 3.24. The standard InChI is InChI=1S/C19H13ClFN3OS/c1-22-19-24(23-10-13-14(20)6-4-7-15(13)21)16(11-26-19)18-9-12-5-2-3-8-17(12)25-18/h2-11H,1H3. The molecule has 4 aromatic rings. The number of aromatic nitrogens is 1. The maximum absolute atomic E-state index is 14.0. The molecule has 0 radical (unpaired) electrons. The average molecular weight is 386 g/mol. The Labute approximate surface area is 157 Å². The van der Waals surface area contributed by atoms with E-state index in [9.17, 15) is 4.39 Å². The van der Waals surface area contributed by atoms with Crippen molar-refractivity contribution in [2.24, 2.45) is 10.1 Å². The van der Waals surface area contributed by atoms with E-state index in [-0.39, 0.29) is 5.56 Å². The van der Waals surface area contributed by atoms with Crippen molar-refractivity contribution in [3.63, 3.8) is 0 Å². The zero-order valence-electron chi connectivity index (χ0n) is 13.7. The van der Waals surface area contributed by atoms with Gasteiger partial charge in [0.25, 0.3) is 0 Å². The van der Waals surface area contributed by atoms with Gasteiger partial charge in [-0.1, -0.05) is 35.9 Å². The van der Waals surface area contributed by atoms with Gasteiger partial charge in [0.2, 0.25) is 4.80 Å². The number of benzene rings is 2. The fraction of sp³-hybridized carbons (Fsp3) is 0.0526. The van der Waals surface area contributed by atoms with Crippen LogP contribution in [0.5, 0.6) is 0 Å². The Balaban J connectivity index is 1.84. The lowest BCUT2D eigenvalue weighted by atomic mass is 10.2. The summed E-state index contributed by atoms with van der Waals surface area (Å²) in [5, 5.41) is 7.60. The molecule has 26 heavy (non-hydrogen) atoms. The largest absolute Gasteiger partial charge is 0.454 e. The summed E-state index contributed by atoms with van der Waals surface area (Å²) >= 11 is 7.49. The van der Waals surface area contributed by atoms with E-state index >= 15 is 0 Å². The van der Waals surface area contributed by atoms with Gasteiger partial charge in [0.1, 0.15) is 17.1 Å². The highest BCUT2D eigenvalue weighted by atomic mass is 35.5. The maximum Gasteiger partial charge on any atom is 0.206 e. The number of para-hydroxylation sites is 1. The molecule has 2 heterocycles. The number of nitrogens with zero attached hydrogens (tertiary/aromatic N) is 3. The van der Waals surface area contributed by atoms with E-state index in [1.807, 2.05) is 35.7 Å². The smallest absolute Gasteiger partial charge is 0.206 e. The Morgan fingerprint density at radius 1 is 1.19 bits per heavy atom. The van der Waals surface area contributed by atoms with E-state index in [4.69, 9.17) is 16.0 Å². The summed E-state index contributed by atoms with van der Waals surface area (Å²) < 4.78 is 21.5. The molecular formula is C19H13ClFN3OS. The van der Waals surface area contributed by atoms with Crippen molar-refractivity contribution >= 4 is 40.1 Å². The molecule has 0 aliphatic heterocycles. The molecule has 0 fully saturated rings. The highest BCUT2D eigenvalue weighted by Gasteiger charge is 2.13. The van der Waals surface area contributed by atoms with Gasteiger partial charge < -0.3 is 4.42 Å². The van der Waals surface area contributed by atoms with Gasteiger partial charge in [-0.25, -0.2) is 9.07 Å². The summed E-state index contributed by atoms with van der Waals surface area (Å²) in [7, 11) is 1.68. The lowest BCUT2D eigenvalue weighted by Gasteiger charge is -2.02. The predicted molar refractivity (Wildman–Crippen MR) is 103 cm³/mol. The lowest BCUT2D eigenvalue weighted by molar-refractivity contribution is 0.621. The molecule has 130 valence electrons. The highest BCUT2D eigenvalue weighted by molar-refractivity contribution is 7.07. The number of fused-ring (bicyclic) bond motifs is 1. The van der Waals surface area contributed by atoms with E-state index in [0.29, 0.717) is 15.6 Å². The Morgan fingerprint density at radius 3 is 2.81 bits per heavy atom. The van der Waals surface area contributed by atoms with Crippen LogP contribution in [0.3, 0.4) is 0 Å². The molecule has 0 aliphatic carbocycles. The normalized spacial score (nSPS) is 12.5. The molecular weight excluding hydrogens is 373 g/mol. The predicted octanol–water partition coefficient (Wildman–Crippen LogP) is 5.17. The van der Waals surface area contributed by atoms with Crippen LogP contribution >= 0.6 is 22.9 Å². The number of halogens is 2. The zero-order chi connectivity index (χ0) is 18.1. The second-order valence-electron chi connectivity index (χ2n) is 5.47. The topological polar surface area (TPSA) is 42.8 Å².